The maximum atomic E-state index is 10.9. The standard InChI is InChI=1S/C7H6Cl2N2OS/c1-13-7(12)11-6-5(9)2-4(8)3-10-6/h2-3H,1H3,(H,10,11,12). The second-order valence-electron chi connectivity index (χ2n) is 2.10. The molecule has 0 atom stereocenters. The van der Waals surface area contributed by atoms with E-state index >= 15 is 0 Å². The number of rotatable bonds is 1. The van der Waals surface area contributed by atoms with Gasteiger partial charge >= 0.3 is 0 Å². The highest BCUT2D eigenvalue weighted by Gasteiger charge is 2.05. The largest absolute Gasteiger partial charge is 0.300 e. The van der Waals surface area contributed by atoms with Gasteiger partial charge in [0.25, 0.3) is 5.24 Å². The van der Waals surface area contributed by atoms with Crippen molar-refractivity contribution in [3.63, 3.8) is 0 Å². The van der Waals surface area contributed by atoms with Crippen LogP contribution in [0.15, 0.2) is 12.3 Å². The number of carbonyl (C=O) groups excluding carboxylic acids is 1. The Balaban J connectivity index is 2.83. The van der Waals surface area contributed by atoms with Gasteiger partial charge in [-0.3, -0.25) is 4.79 Å². The maximum Gasteiger partial charge on any atom is 0.284 e. The minimum atomic E-state index is -0.211. The highest BCUT2D eigenvalue weighted by Crippen LogP contribution is 2.23. The van der Waals surface area contributed by atoms with Gasteiger partial charge in [-0.25, -0.2) is 4.98 Å². The summed E-state index contributed by atoms with van der Waals surface area (Å²) in [5.41, 5.74) is 0. The lowest BCUT2D eigenvalue weighted by atomic mass is 10.4. The third-order valence-corrected chi connectivity index (χ3v) is 2.18. The topological polar surface area (TPSA) is 42.0 Å². The molecule has 13 heavy (non-hydrogen) atoms. The normalized spacial score (nSPS) is 9.77. The van der Waals surface area contributed by atoms with E-state index in [0.29, 0.717) is 15.9 Å². The molecular formula is C7H6Cl2N2OS. The molecule has 1 N–H and O–H groups in total. The molecule has 1 rings (SSSR count). The van der Waals surface area contributed by atoms with E-state index in [0.717, 1.165) is 11.8 Å². The fourth-order valence-corrected chi connectivity index (χ4v) is 1.28. The summed E-state index contributed by atoms with van der Waals surface area (Å²) in [6, 6.07) is 1.52. The van der Waals surface area contributed by atoms with Crippen molar-refractivity contribution >= 4 is 46.0 Å². The Kier molecular flexibility index (Phi) is 3.84. The molecule has 6 heteroatoms. The number of aromatic nitrogens is 1. The van der Waals surface area contributed by atoms with Crippen LogP contribution in [0.2, 0.25) is 10.0 Å². The molecule has 0 spiro atoms. The first-order valence-electron chi connectivity index (χ1n) is 3.29. The third-order valence-electron chi connectivity index (χ3n) is 1.21. The first-order valence-corrected chi connectivity index (χ1v) is 5.27. The predicted molar refractivity (Wildman–Crippen MR) is 56.8 cm³/mol. The van der Waals surface area contributed by atoms with E-state index in [-0.39, 0.29) is 5.24 Å². The Bertz CT molecular complexity index is 332. The van der Waals surface area contributed by atoms with Crippen LogP contribution in [0.5, 0.6) is 0 Å². The fraction of sp³-hybridized carbons (Fsp3) is 0.143. The number of anilines is 1. The molecule has 0 fully saturated rings. The monoisotopic (exact) mass is 236 g/mol. The summed E-state index contributed by atoms with van der Waals surface area (Å²) in [6.07, 6.45) is 3.09. The van der Waals surface area contributed by atoms with Crippen molar-refractivity contribution in [2.24, 2.45) is 0 Å². The van der Waals surface area contributed by atoms with E-state index in [1.807, 2.05) is 0 Å². The number of amides is 1. The van der Waals surface area contributed by atoms with Crippen LogP contribution in [-0.2, 0) is 0 Å². The average molecular weight is 237 g/mol. The highest BCUT2D eigenvalue weighted by molar-refractivity contribution is 8.13. The third kappa shape index (κ3) is 3.06. The van der Waals surface area contributed by atoms with Crippen LogP contribution in [0.4, 0.5) is 10.6 Å². The van der Waals surface area contributed by atoms with Crippen LogP contribution < -0.4 is 5.32 Å². The summed E-state index contributed by atoms with van der Waals surface area (Å²) in [5.74, 6) is 0.324. The van der Waals surface area contributed by atoms with Gasteiger partial charge in [0.15, 0.2) is 5.82 Å². The zero-order valence-electron chi connectivity index (χ0n) is 6.67. The van der Waals surface area contributed by atoms with E-state index in [1.165, 1.54) is 12.3 Å². The molecule has 1 aromatic heterocycles. The first kappa shape index (κ1) is 10.6. The molecule has 3 nitrogen and oxygen atoms in total. The van der Waals surface area contributed by atoms with Crippen LogP contribution >= 0.6 is 35.0 Å². The first-order chi connectivity index (χ1) is 6.13. The molecule has 0 aliphatic carbocycles. The van der Waals surface area contributed by atoms with Crippen LogP contribution in [0.25, 0.3) is 0 Å². The SMILES string of the molecule is CSC(=O)Nc1ncc(Cl)cc1Cl. The van der Waals surface area contributed by atoms with Crippen molar-refractivity contribution in [2.75, 3.05) is 11.6 Å². The van der Waals surface area contributed by atoms with Gasteiger partial charge in [-0.05, 0) is 12.3 Å². The zero-order chi connectivity index (χ0) is 9.84. The minimum absolute atomic E-state index is 0.211. The van der Waals surface area contributed by atoms with Crippen molar-refractivity contribution < 1.29 is 4.79 Å². The molecular weight excluding hydrogens is 231 g/mol. The lowest BCUT2D eigenvalue weighted by Gasteiger charge is -2.03. The van der Waals surface area contributed by atoms with Crippen molar-refractivity contribution in [2.45, 2.75) is 0 Å². The Morgan fingerprint density at radius 2 is 2.31 bits per heavy atom. The second kappa shape index (κ2) is 4.69. The molecule has 70 valence electrons. The van der Waals surface area contributed by atoms with Crippen molar-refractivity contribution in [3.8, 4) is 0 Å². The summed E-state index contributed by atoms with van der Waals surface area (Å²) < 4.78 is 0. The van der Waals surface area contributed by atoms with E-state index in [1.54, 1.807) is 6.26 Å². The predicted octanol–water partition coefficient (Wildman–Crippen LogP) is 3.28. The van der Waals surface area contributed by atoms with Crippen molar-refractivity contribution in [3.05, 3.63) is 22.3 Å². The maximum absolute atomic E-state index is 10.9. The average Bonchev–Trinajstić information content (AvgIpc) is 2.09. The zero-order valence-corrected chi connectivity index (χ0v) is 9.00. The van der Waals surface area contributed by atoms with Crippen molar-refractivity contribution in [1.82, 2.24) is 4.98 Å². The molecule has 1 amide bonds. The highest BCUT2D eigenvalue weighted by atomic mass is 35.5. The quantitative estimate of drug-likeness (QED) is 0.814. The van der Waals surface area contributed by atoms with Crippen molar-refractivity contribution in [1.29, 1.82) is 0 Å². The molecule has 0 saturated carbocycles. The Morgan fingerprint density at radius 3 is 2.85 bits per heavy atom. The Labute approximate surface area is 89.8 Å². The number of hydrogen-bond acceptors (Lipinski definition) is 3. The number of nitrogens with one attached hydrogen (secondary N) is 1. The number of hydrogen-bond donors (Lipinski definition) is 1. The molecule has 0 aliphatic rings. The van der Waals surface area contributed by atoms with Crippen LogP contribution in [0.3, 0.4) is 0 Å². The number of pyridine rings is 1. The molecule has 1 aromatic rings. The number of halogens is 2. The molecule has 0 aromatic carbocycles. The van der Waals surface area contributed by atoms with Gasteiger partial charge in [0.1, 0.15) is 0 Å². The van der Waals surface area contributed by atoms with Gasteiger partial charge in [-0.1, -0.05) is 35.0 Å². The summed E-state index contributed by atoms with van der Waals surface area (Å²) in [4.78, 5) is 14.8. The molecule has 0 saturated heterocycles. The smallest absolute Gasteiger partial charge is 0.284 e. The van der Waals surface area contributed by atoms with E-state index in [2.05, 4.69) is 10.3 Å². The van der Waals surface area contributed by atoms with E-state index in [4.69, 9.17) is 23.2 Å². The van der Waals surface area contributed by atoms with Crippen LogP contribution in [-0.4, -0.2) is 16.5 Å². The van der Waals surface area contributed by atoms with Gasteiger partial charge < -0.3 is 5.32 Å². The van der Waals surface area contributed by atoms with E-state index in [9.17, 15) is 4.79 Å². The molecule has 0 radical (unpaired) electrons. The molecule has 0 bridgehead atoms. The summed E-state index contributed by atoms with van der Waals surface area (Å²) in [6.45, 7) is 0. The minimum Gasteiger partial charge on any atom is -0.300 e. The Morgan fingerprint density at radius 1 is 1.62 bits per heavy atom. The summed E-state index contributed by atoms with van der Waals surface area (Å²) >= 11 is 12.4. The second-order valence-corrected chi connectivity index (χ2v) is 3.72. The summed E-state index contributed by atoms with van der Waals surface area (Å²) in [5, 5.41) is 3.06. The van der Waals surface area contributed by atoms with Gasteiger partial charge in [0.05, 0.1) is 10.0 Å². The molecule has 0 aliphatic heterocycles. The Hall–Kier alpha value is -0.450. The van der Waals surface area contributed by atoms with Gasteiger partial charge in [0.2, 0.25) is 0 Å². The number of carbonyl (C=O) groups is 1. The van der Waals surface area contributed by atoms with Crippen LogP contribution in [0.1, 0.15) is 0 Å². The molecule has 0 unspecified atom stereocenters. The van der Waals surface area contributed by atoms with Crippen LogP contribution in [0, 0.1) is 0 Å². The number of nitrogens with zero attached hydrogens (tertiary/aromatic N) is 1. The van der Waals surface area contributed by atoms with E-state index < -0.39 is 0 Å². The fourth-order valence-electron chi connectivity index (χ4n) is 0.654. The number of thioether (sulfide) groups is 1. The van der Waals surface area contributed by atoms with Gasteiger partial charge in [-0.15, -0.1) is 0 Å². The van der Waals surface area contributed by atoms with Gasteiger partial charge in [0, 0.05) is 6.20 Å². The molecule has 1 heterocycles. The van der Waals surface area contributed by atoms with Gasteiger partial charge in [-0.2, -0.15) is 0 Å². The summed E-state index contributed by atoms with van der Waals surface area (Å²) in [7, 11) is 0. The lowest BCUT2D eigenvalue weighted by molar-refractivity contribution is 0.270. The lowest BCUT2D eigenvalue weighted by Crippen LogP contribution is -2.05.